The Morgan fingerprint density at radius 3 is 2.46 bits per heavy atom. The quantitative estimate of drug-likeness (QED) is 0.705. The first-order valence-electron chi connectivity index (χ1n) is 5.40. The van der Waals surface area contributed by atoms with E-state index in [9.17, 15) is 0 Å². The van der Waals surface area contributed by atoms with Gasteiger partial charge >= 0.3 is 0 Å². The fourth-order valence-electron chi connectivity index (χ4n) is 2.05. The number of aliphatic hydroxyl groups excluding tert-OH is 1. The predicted octanol–water partition coefficient (Wildman–Crippen LogP) is 1.74. The van der Waals surface area contributed by atoms with Crippen LogP contribution in [-0.2, 0) is 0 Å². The van der Waals surface area contributed by atoms with Crippen molar-refractivity contribution in [3.63, 3.8) is 0 Å². The fourth-order valence-corrected chi connectivity index (χ4v) is 2.05. The largest absolute Gasteiger partial charge is 0.396 e. The molecule has 0 aromatic carbocycles. The molecule has 1 heterocycles. The Hall–Kier alpha value is -0.0800. The van der Waals surface area contributed by atoms with E-state index in [2.05, 4.69) is 25.7 Å². The molecule has 0 unspecified atom stereocenters. The molecular formula is C11H23NO. The summed E-state index contributed by atoms with van der Waals surface area (Å²) in [5, 5.41) is 8.89. The summed E-state index contributed by atoms with van der Waals surface area (Å²) in [5.41, 5.74) is 0.285. The minimum absolute atomic E-state index is 0.285. The molecule has 13 heavy (non-hydrogen) atoms. The molecule has 1 fully saturated rings. The van der Waals surface area contributed by atoms with Crippen LogP contribution in [0.3, 0.4) is 0 Å². The first kappa shape index (κ1) is 11.0. The lowest BCUT2D eigenvalue weighted by molar-refractivity contribution is 0.0471. The highest BCUT2D eigenvalue weighted by molar-refractivity contribution is 4.83. The summed E-state index contributed by atoms with van der Waals surface area (Å²) in [7, 11) is 0. The Morgan fingerprint density at radius 2 is 2.00 bits per heavy atom. The number of nitrogens with zero attached hydrogens (tertiary/aromatic N) is 1. The molecule has 0 aromatic heterocycles. The molecule has 1 rings (SSSR count). The second-order valence-corrected chi connectivity index (χ2v) is 5.11. The maximum absolute atomic E-state index is 8.89. The Labute approximate surface area is 81.9 Å². The summed E-state index contributed by atoms with van der Waals surface area (Å²) in [4.78, 5) is 2.50. The molecule has 0 saturated carbocycles. The Kier molecular flexibility index (Phi) is 3.74. The van der Waals surface area contributed by atoms with E-state index in [4.69, 9.17) is 5.11 Å². The third-order valence-electron chi connectivity index (χ3n) is 3.05. The van der Waals surface area contributed by atoms with Crippen molar-refractivity contribution in [1.82, 2.24) is 4.90 Å². The van der Waals surface area contributed by atoms with Crippen LogP contribution < -0.4 is 0 Å². The maximum Gasteiger partial charge on any atom is 0.0436 e. The van der Waals surface area contributed by atoms with Crippen molar-refractivity contribution in [3.8, 4) is 0 Å². The molecule has 0 aromatic rings. The Bertz CT molecular complexity index is 150. The SMILES string of the molecule is CCC1CN(CC(C)(C)CCO)C1. The van der Waals surface area contributed by atoms with Gasteiger partial charge in [-0.05, 0) is 17.8 Å². The van der Waals surface area contributed by atoms with Gasteiger partial charge in [-0.25, -0.2) is 0 Å². The van der Waals surface area contributed by atoms with Crippen molar-refractivity contribution >= 4 is 0 Å². The zero-order valence-electron chi connectivity index (χ0n) is 9.21. The molecule has 0 spiro atoms. The van der Waals surface area contributed by atoms with Crippen molar-refractivity contribution < 1.29 is 5.11 Å². The van der Waals surface area contributed by atoms with Gasteiger partial charge in [0.1, 0.15) is 0 Å². The van der Waals surface area contributed by atoms with Gasteiger partial charge in [0.15, 0.2) is 0 Å². The maximum atomic E-state index is 8.89. The van der Waals surface area contributed by atoms with E-state index >= 15 is 0 Å². The van der Waals surface area contributed by atoms with Crippen molar-refractivity contribution in [2.45, 2.75) is 33.6 Å². The van der Waals surface area contributed by atoms with Crippen LogP contribution in [0.15, 0.2) is 0 Å². The average molecular weight is 185 g/mol. The number of hydrogen-bond donors (Lipinski definition) is 1. The number of likely N-dealkylation sites (tertiary alicyclic amines) is 1. The van der Waals surface area contributed by atoms with E-state index in [0.717, 1.165) is 18.9 Å². The first-order valence-corrected chi connectivity index (χ1v) is 5.40. The molecular weight excluding hydrogens is 162 g/mol. The van der Waals surface area contributed by atoms with Gasteiger partial charge in [0, 0.05) is 26.2 Å². The van der Waals surface area contributed by atoms with E-state index < -0.39 is 0 Å². The lowest BCUT2D eigenvalue weighted by Gasteiger charge is -2.43. The fraction of sp³-hybridized carbons (Fsp3) is 1.00. The Balaban J connectivity index is 2.18. The lowest BCUT2D eigenvalue weighted by Crippen LogP contribution is -2.50. The predicted molar refractivity (Wildman–Crippen MR) is 55.7 cm³/mol. The van der Waals surface area contributed by atoms with Gasteiger partial charge in [0.2, 0.25) is 0 Å². The van der Waals surface area contributed by atoms with Crippen molar-refractivity contribution in [2.24, 2.45) is 11.3 Å². The molecule has 1 aliphatic rings. The molecule has 2 nitrogen and oxygen atoms in total. The van der Waals surface area contributed by atoms with Crippen LogP contribution >= 0.6 is 0 Å². The van der Waals surface area contributed by atoms with E-state index in [-0.39, 0.29) is 5.41 Å². The summed E-state index contributed by atoms with van der Waals surface area (Å²) in [6.45, 7) is 10.7. The van der Waals surface area contributed by atoms with Crippen LogP contribution in [0.1, 0.15) is 33.6 Å². The molecule has 78 valence electrons. The van der Waals surface area contributed by atoms with E-state index in [1.165, 1.54) is 19.5 Å². The molecule has 0 amide bonds. The highest BCUT2D eigenvalue weighted by Crippen LogP contribution is 2.27. The van der Waals surface area contributed by atoms with Gasteiger partial charge in [-0.15, -0.1) is 0 Å². The number of aliphatic hydroxyl groups is 1. The first-order chi connectivity index (χ1) is 6.07. The van der Waals surface area contributed by atoms with Crippen molar-refractivity contribution in [1.29, 1.82) is 0 Å². The molecule has 0 aliphatic carbocycles. The van der Waals surface area contributed by atoms with E-state index in [0.29, 0.717) is 6.61 Å². The van der Waals surface area contributed by atoms with E-state index in [1.54, 1.807) is 0 Å². The van der Waals surface area contributed by atoms with Gasteiger partial charge < -0.3 is 10.0 Å². The standard InChI is InChI=1S/C11H23NO/c1-4-10-7-12(8-10)9-11(2,3)5-6-13/h10,13H,4-9H2,1-3H3. The summed E-state index contributed by atoms with van der Waals surface area (Å²) in [6, 6.07) is 0. The molecule has 2 heteroatoms. The normalized spacial score (nSPS) is 20.3. The molecule has 0 radical (unpaired) electrons. The topological polar surface area (TPSA) is 23.5 Å². The van der Waals surface area contributed by atoms with Crippen LogP contribution in [0.5, 0.6) is 0 Å². The second-order valence-electron chi connectivity index (χ2n) is 5.11. The van der Waals surface area contributed by atoms with Crippen LogP contribution in [0.4, 0.5) is 0 Å². The number of hydrogen-bond acceptors (Lipinski definition) is 2. The third kappa shape index (κ3) is 3.28. The summed E-state index contributed by atoms with van der Waals surface area (Å²) in [5.74, 6) is 0.935. The summed E-state index contributed by atoms with van der Waals surface area (Å²) >= 11 is 0. The second kappa shape index (κ2) is 4.43. The average Bonchev–Trinajstić information content (AvgIpc) is 1.95. The number of rotatable bonds is 5. The van der Waals surface area contributed by atoms with Crippen LogP contribution in [0.25, 0.3) is 0 Å². The highest BCUT2D eigenvalue weighted by atomic mass is 16.3. The lowest BCUT2D eigenvalue weighted by atomic mass is 9.86. The van der Waals surface area contributed by atoms with Gasteiger partial charge in [0.25, 0.3) is 0 Å². The molecule has 0 bridgehead atoms. The smallest absolute Gasteiger partial charge is 0.0436 e. The Morgan fingerprint density at radius 1 is 1.38 bits per heavy atom. The van der Waals surface area contributed by atoms with Gasteiger partial charge in [-0.2, -0.15) is 0 Å². The zero-order chi connectivity index (χ0) is 9.90. The van der Waals surface area contributed by atoms with Crippen molar-refractivity contribution in [3.05, 3.63) is 0 Å². The monoisotopic (exact) mass is 185 g/mol. The van der Waals surface area contributed by atoms with Crippen LogP contribution in [-0.4, -0.2) is 36.2 Å². The molecule has 0 atom stereocenters. The summed E-state index contributed by atoms with van der Waals surface area (Å²) in [6.07, 6.45) is 2.23. The zero-order valence-corrected chi connectivity index (χ0v) is 9.21. The van der Waals surface area contributed by atoms with Crippen LogP contribution in [0, 0.1) is 11.3 Å². The molecule has 1 saturated heterocycles. The highest BCUT2D eigenvalue weighted by Gasteiger charge is 2.29. The summed E-state index contributed by atoms with van der Waals surface area (Å²) < 4.78 is 0. The van der Waals surface area contributed by atoms with Crippen molar-refractivity contribution in [2.75, 3.05) is 26.2 Å². The minimum atomic E-state index is 0.285. The third-order valence-corrected chi connectivity index (χ3v) is 3.05. The van der Waals surface area contributed by atoms with Gasteiger partial charge in [0.05, 0.1) is 0 Å². The van der Waals surface area contributed by atoms with Gasteiger partial charge in [-0.1, -0.05) is 27.2 Å². The van der Waals surface area contributed by atoms with E-state index in [1.807, 2.05) is 0 Å². The molecule has 1 N–H and O–H groups in total. The van der Waals surface area contributed by atoms with Gasteiger partial charge in [-0.3, -0.25) is 0 Å². The molecule has 1 aliphatic heterocycles. The van der Waals surface area contributed by atoms with Crippen LogP contribution in [0.2, 0.25) is 0 Å². The minimum Gasteiger partial charge on any atom is -0.396 e.